The molecule has 0 radical (unpaired) electrons. The van der Waals surface area contributed by atoms with E-state index >= 15 is 0 Å². The highest BCUT2D eigenvalue weighted by Gasteiger charge is 2.17. The highest BCUT2D eigenvalue weighted by molar-refractivity contribution is 5.95. The largest absolute Gasteiger partial charge is 0.381 e. The molecule has 1 amide bonds. The average molecular weight is 311 g/mol. The number of nitrogens with one attached hydrogen (secondary N) is 1. The Morgan fingerprint density at radius 2 is 2.04 bits per heavy atom. The highest BCUT2D eigenvalue weighted by atomic mass is 16.5. The number of rotatable bonds is 4. The van der Waals surface area contributed by atoms with Crippen molar-refractivity contribution in [3.05, 3.63) is 47.3 Å². The van der Waals surface area contributed by atoms with Crippen LogP contribution in [0.3, 0.4) is 0 Å². The van der Waals surface area contributed by atoms with E-state index in [0.717, 1.165) is 36.6 Å². The van der Waals surface area contributed by atoms with Gasteiger partial charge < -0.3 is 10.1 Å². The molecule has 1 fully saturated rings. The zero-order valence-corrected chi connectivity index (χ0v) is 13.5. The summed E-state index contributed by atoms with van der Waals surface area (Å²) in [6.45, 7) is 6.07. The molecule has 0 unspecified atom stereocenters. The van der Waals surface area contributed by atoms with Gasteiger partial charge in [0.2, 0.25) is 0 Å². The molecular weight excluding hydrogens is 290 g/mol. The first-order valence-corrected chi connectivity index (χ1v) is 7.90. The molecule has 0 bridgehead atoms. The number of carbonyl (C=O) groups is 1. The van der Waals surface area contributed by atoms with Crippen LogP contribution in [0.15, 0.2) is 30.3 Å². The first kappa shape index (κ1) is 15.6. The van der Waals surface area contributed by atoms with Crippen molar-refractivity contribution >= 4 is 5.91 Å². The number of benzene rings is 1. The lowest BCUT2D eigenvalue weighted by atomic mass is 10.1. The normalized spacial score (nSPS) is 17.2. The van der Waals surface area contributed by atoms with Crippen LogP contribution in [0, 0.1) is 19.8 Å². The number of nitrogens with zero attached hydrogens (tertiary/aromatic N) is 2. The quantitative estimate of drug-likeness (QED) is 0.942. The number of hydrogen-bond acceptors (Lipinski definition) is 4. The summed E-state index contributed by atoms with van der Waals surface area (Å²) in [6.07, 6.45) is 1.01. The van der Waals surface area contributed by atoms with Gasteiger partial charge in [-0.25, -0.2) is 9.97 Å². The second-order valence-electron chi connectivity index (χ2n) is 5.99. The summed E-state index contributed by atoms with van der Waals surface area (Å²) in [5.74, 6) is 1.01. The Morgan fingerprint density at radius 1 is 1.26 bits per heavy atom. The number of amides is 1. The molecule has 120 valence electrons. The van der Waals surface area contributed by atoms with Gasteiger partial charge in [-0.1, -0.05) is 12.1 Å². The maximum atomic E-state index is 12.3. The minimum Gasteiger partial charge on any atom is -0.381 e. The SMILES string of the molecule is Cc1cc(C)nc(-c2cccc(C(=O)NC[C@H]3CCOC3)c2)n1. The lowest BCUT2D eigenvalue weighted by Gasteiger charge is -2.10. The van der Waals surface area contributed by atoms with Gasteiger partial charge in [-0.05, 0) is 38.5 Å². The number of ether oxygens (including phenoxy) is 1. The molecule has 1 aliphatic rings. The molecule has 1 atom stereocenters. The highest BCUT2D eigenvalue weighted by Crippen LogP contribution is 2.18. The van der Waals surface area contributed by atoms with Gasteiger partial charge >= 0.3 is 0 Å². The molecule has 0 aliphatic carbocycles. The van der Waals surface area contributed by atoms with E-state index in [1.165, 1.54) is 0 Å². The molecule has 1 saturated heterocycles. The summed E-state index contributed by atoms with van der Waals surface area (Å²) < 4.78 is 5.33. The first-order chi connectivity index (χ1) is 11.1. The minimum absolute atomic E-state index is 0.0666. The van der Waals surface area contributed by atoms with E-state index in [2.05, 4.69) is 15.3 Å². The summed E-state index contributed by atoms with van der Waals surface area (Å²) in [5, 5.41) is 2.98. The van der Waals surface area contributed by atoms with Crippen molar-refractivity contribution in [1.29, 1.82) is 0 Å². The topological polar surface area (TPSA) is 64.1 Å². The van der Waals surface area contributed by atoms with Gasteiger partial charge in [0.1, 0.15) is 0 Å². The lowest BCUT2D eigenvalue weighted by molar-refractivity contribution is 0.0945. The molecule has 2 aromatic rings. The van der Waals surface area contributed by atoms with Gasteiger partial charge in [0.15, 0.2) is 5.82 Å². The van der Waals surface area contributed by atoms with Crippen LogP contribution in [-0.2, 0) is 4.74 Å². The summed E-state index contributed by atoms with van der Waals surface area (Å²) in [6, 6.07) is 9.38. The Bertz CT molecular complexity index is 689. The molecule has 0 spiro atoms. The van der Waals surface area contributed by atoms with E-state index in [1.54, 1.807) is 0 Å². The standard InChI is InChI=1S/C18H21N3O2/c1-12-8-13(2)21-17(20-12)15-4-3-5-16(9-15)18(22)19-10-14-6-7-23-11-14/h3-5,8-9,14H,6-7,10-11H2,1-2H3,(H,19,22)/t14-/m1/s1. The van der Waals surface area contributed by atoms with Crippen LogP contribution >= 0.6 is 0 Å². The predicted octanol–water partition coefficient (Wildman–Crippen LogP) is 2.53. The predicted molar refractivity (Wildman–Crippen MR) is 88.2 cm³/mol. The van der Waals surface area contributed by atoms with Crippen molar-refractivity contribution in [2.75, 3.05) is 19.8 Å². The maximum absolute atomic E-state index is 12.3. The molecule has 1 aromatic carbocycles. The molecule has 5 nitrogen and oxygen atoms in total. The molecule has 1 aliphatic heterocycles. The van der Waals surface area contributed by atoms with Crippen molar-refractivity contribution in [3.8, 4) is 11.4 Å². The Hall–Kier alpha value is -2.27. The van der Waals surface area contributed by atoms with Crippen molar-refractivity contribution in [2.45, 2.75) is 20.3 Å². The van der Waals surface area contributed by atoms with Gasteiger partial charge in [0, 0.05) is 41.6 Å². The third-order valence-corrected chi connectivity index (χ3v) is 3.94. The Balaban J connectivity index is 1.74. The van der Waals surface area contributed by atoms with E-state index < -0.39 is 0 Å². The monoisotopic (exact) mass is 311 g/mol. The second kappa shape index (κ2) is 6.87. The Labute approximate surface area is 136 Å². The van der Waals surface area contributed by atoms with Crippen molar-refractivity contribution < 1.29 is 9.53 Å². The fourth-order valence-corrected chi connectivity index (χ4v) is 2.74. The maximum Gasteiger partial charge on any atom is 0.251 e. The van der Waals surface area contributed by atoms with E-state index in [9.17, 15) is 4.79 Å². The molecule has 1 aromatic heterocycles. The van der Waals surface area contributed by atoms with Gasteiger partial charge in [-0.3, -0.25) is 4.79 Å². The summed E-state index contributed by atoms with van der Waals surface area (Å²) in [5.41, 5.74) is 3.32. The van der Waals surface area contributed by atoms with Gasteiger partial charge in [-0.15, -0.1) is 0 Å². The van der Waals surface area contributed by atoms with E-state index in [0.29, 0.717) is 23.9 Å². The van der Waals surface area contributed by atoms with Crippen LogP contribution < -0.4 is 5.32 Å². The number of hydrogen-bond donors (Lipinski definition) is 1. The summed E-state index contributed by atoms with van der Waals surface area (Å²) in [7, 11) is 0. The number of aryl methyl sites for hydroxylation is 2. The molecular formula is C18H21N3O2. The van der Waals surface area contributed by atoms with Crippen molar-refractivity contribution in [1.82, 2.24) is 15.3 Å². The number of carbonyl (C=O) groups excluding carboxylic acids is 1. The smallest absolute Gasteiger partial charge is 0.251 e. The molecule has 1 N–H and O–H groups in total. The molecule has 23 heavy (non-hydrogen) atoms. The zero-order chi connectivity index (χ0) is 16.2. The van der Waals surface area contributed by atoms with Gasteiger partial charge in [0.05, 0.1) is 6.61 Å². The van der Waals surface area contributed by atoms with Crippen LogP contribution in [0.4, 0.5) is 0 Å². The third-order valence-electron chi connectivity index (χ3n) is 3.94. The second-order valence-corrected chi connectivity index (χ2v) is 5.99. The number of aromatic nitrogens is 2. The summed E-state index contributed by atoms with van der Waals surface area (Å²) in [4.78, 5) is 21.2. The van der Waals surface area contributed by atoms with Crippen LogP contribution in [0.25, 0.3) is 11.4 Å². The minimum atomic E-state index is -0.0666. The average Bonchev–Trinajstić information content (AvgIpc) is 3.05. The molecule has 2 heterocycles. The fraction of sp³-hybridized carbons (Fsp3) is 0.389. The lowest BCUT2D eigenvalue weighted by Crippen LogP contribution is -2.29. The van der Waals surface area contributed by atoms with Crippen LogP contribution in [0.1, 0.15) is 28.2 Å². The zero-order valence-electron chi connectivity index (χ0n) is 13.5. The molecule has 3 rings (SSSR count). The Morgan fingerprint density at radius 3 is 2.74 bits per heavy atom. The summed E-state index contributed by atoms with van der Waals surface area (Å²) >= 11 is 0. The van der Waals surface area contributed by atoms with E-state index in [-0.39, 0.29) is 5.91 Å². The molecule has 0 saturated carbocycles. The van der Waals surface area contributed by atoms with Crippen LogP contribution in [0.2, 0.25) is 0 Å². The first-order valence-electron chi connectivity index (χ1n) is 7.90. The van der Waals surface area contributed by atoms with Crippen molar-refractivity contribution in [2.24, 2.45) is 5.92 Å². The fourth-order valence-electron chi connectivity index (χ4n) is 2.74. The van der Waals surface area contributed by atoms with E-state index in [1.807, 2.05) is 44.2 Å². The molecule has 5 heteroatoms. The third kappa shape index (κ3) is 3.93. The van der Waals surface area contributed by atoms with Gasteiger partial charge in [-0.2, -0.15) is 0 Å². The Kier molecular flexibility index (Phi) is 4.67. The van der Waals surface area contributed by atoms with Crippen LogP contribution in [0.5, 0.6) is 0 Å². The van der Waals surface area contributed by atoms with Crippen molar-refractivity contribution in [3.63, 3.8) is 0 Å². The van der Waals surface area contributed by atoms with Gasteiger partial charge in [0.25, 0.3) is 5.91 Å². The van der Waals surface area contributed by atoms with E-state index in [4.69, 9.17) is 4.74 Å². The van der Waals surface area contributed by atoms with Crippen LogP contribution in [-0.4, -0.2) is 35.6 Å².